The Kier molecular flexibility index (Phi) is 5.49. The lowest BCUT2D eigenvalue weighted by Crippen LogP contribution is -1.86. The van der Waals surface area contributed by atoms with Crippen molar-refractivity contribution in [1.29, 1.82) is 0 Å². The van der Waals surface area contributed by atoms with Crippen LogP contribution < -0.4 is 0 Å². The van der Waals surface area contributed by atoms with Crippen molar-refractivity contribution >= 4 is 21.5 Å². The van der Waals surface area contributed by atoms with E-state index in [-0.39, 0.29) is 9.90 Å². The summed E-state index contributed by atoms with van der Waals surface area (Å²) in [7, 11) is 1.66. The van der Waals surface area contributed by atoms with Crippen LogP contribution in [0.3, 0.4) is 0 Å². The molecule has 0 bridgehead atoms. The molecule has 1 aromatic rings. The third kappa shape index (κ3) is 3.20. The summed E-state index contributed by atoms with van der Waals surface area (Å²) in [6.07, 6.45) is 0. The van der Waals surface area contributed by atoms with Crippen molar-refractivity contribution in [3.05, 3.63) is 34.9 Å². The van der Waals surface area contributed by atoms with Gasteiger partial charge in [0.25, 0.3) is 0 Å². The van der Waals surface area contributed by atoms with Crippen molar-refractivity contribution in [3.63, 3.8) is 0 Å². The molecule has 0 amide bonds. The van der Waals surface area contributed by atoms with Gasteiger partial charge in [0.1, 0.15) is 0 Å². The molecule has 0 aliphatic rings. The number of methoxy groups -OCH3 is 1. The van der Waals surface area contributed by atoms with Crippen molar-refractivity contribution in [3.8, 4) is 0 Å². The number of benzene rings is 1. The van der Waals surface area contributed by atoms with E-state index in [4.69, 9.17) is 16.3 Å². The zero-order valence-corrected chi connectivity index (χ0v) is 8.68. The molecular weight excluding hydrogens is 179 g/mol. The molecule has 0 spiro atoms. The smallest absolute Gasteiger partial charge is 0.0727 e. The van der Waals surface area contributed by atoms with Crippen LogP contribution in [0.25, 0.3) is 0 Å². The van der Waals surface area contributed by atoms with Crippen molar-refractivity contribution in [2.24, 2.45) is 0 Å². The van der Waals surface area contributed by atoms with Crippen molar-refractivity contribution in [2.45, 2.75) is 6.61 Å². The van der Waals surface area contributed by atoms with E-state index >= 15 is 0 Å². The summed E-state index contributed by atoms with van der Waals surface area (Å²) < 4.78 is 4.92. The molecule has 1 atom stereocenters. The number of ether oxygens (including phenoxy) is 1. The van der Waals surface area contributed by atoms with Gasteiger partial charge in [-0.25, -0.2) is 0 Å². The molecule has 0 aliphatic carbocycles. The Morgan fingerprint density at radius 1 is 1.36 bits per heavy atom. The molecule has 0 aromatic heterocycles. The van der Waals surface area contributed by atoms with Crippen LogP contribution in [0.2, 0.25) is 5.02 Å². The molecule has 3 heteroatoms. The summed E-state index contributed by atoms with van der Waals surface area (Å²) in [4.78, 5) is 0. The molecule has 11 heavy (non-hydrogen) atoms. The van der Waals surface area contributed by atoms with E-state index in [9.17, 15) is 0 Å². The second kappa shape index (κ2) is 5.54. The van der Waals surface area contributed by atoms with Crippen LogP contribution in [0.1, 0.15) is 5.56 Å². The predicted molar refractivity (Wildman–Crippen MR) is 53.3 cm³/mol. The molecule has 0 aliphatic heterocycles. The minimum absolute atomic E-state index is 0. The van der Waals surface area contributed by atoms with E-state index in [2.05, 4.69) is 0 Å². The highest BCUT2D eigenvalue weighted by molar-refractivity contribution is 6.92. The first-order valence-corrected chi connectivity index (χ1v) is 3.44. The number of hydrogen-bond donors (Lipinski definition) is 0. The van der Waals surface area contributed by atoms with Crippen LogP contribution in [0, 0.1) is 0 Å². The molecule has 0 saturated heterocycles. The van der Waals surface area contributed by atoms with Crippen LogP contribution in [-0.2, 0) is 11.3 Å². The second-order valence-corrected chi connectivity index (χ2v) is 2.43. The average molecular weight is 191 g/mol. The molecule has 0 heterocycles. The summed E-state index contributed by atoms with van der Waals surface area (Å²) in [6, 6.07) is 7.66. The van der Waals surface area contributed by atoms with Gasteiger partial charge in [0.2, 0.25) is 0 Å². The lowest BCUT2D eigenvalue weighted by Gasteiger charge is -1.99. The standard InChI is InChI=1S/C8H9ClO.H3P/c1-10-6-7-4-2-3-5-8(7)9;/h2-5H,6H2,1H3;1H3. The van der Waals surface area contributed by atoms with Gasteiger partial charge in [-0.15, -0.1) is 0 Å². The fourth-order valence-electron chi connectivity index (χ4n) is 0.771. The van der Waals surface area contributed by atoms with E-state index in [0.717, 1.165) is 10.6 Å². The Morgan fingerprint density at radius 3 is 2.55 bits per heavy atom. The van der Waals surface area contributed by atoms with Crippen LogP contribution in [-0.4, -0.2) is 7.11 Å². The van der Waals surface area contributed by atoms with E-state index in [1.165, 1.54) is 0 Å². The highest BCUT2D eigenvalue weighted by Gasteiger charge is 1.95. The topological polar surface area (TPSA) is 9.23 Å². The van der Waals surface area contributed by atoms with Gasteiger partial charge in [-0.1, -0.05) is 29.8 Å². The first-order valence-electron chi connectivity index (χ1n) is 3.07. The Labute approximate surface area is 75.3 Å². The highest BCUT2D eigenvalue weighted by Crippen LogP contribution is 2.14. The van der Waals surface area contributed by atoms with Gasteiger partial charge in [0.05, 0.1) is 6.61 Å². The minimum atomic E-state index is 0. The quantitative estimate of drug-likeness (QED) is 0.652. The number of halogens is 1. The summed E-state index contributed by atoms with van der Waals surface area (Å²) in [6.45, 7) is 0.583. The summed E-state index contributed by atoms with van der Waals surface area (Å²) in [5.41, 5.74) is 1.03. The van der Waals surface area contributed by atoms with E-state index in [1.807, 2.05) is 24.3 Å². The molecule has 1 aromatic carbocycles. The molecule has 0 fully saturated rings. The molecule has 0 N–H and O–H groups in total. The lowest BCUT2D eigenvalue weighted by molar-refractivity contribution is 0.185. The average Bonchev–Trinajstić information content (AvgIpc) is 1.94. The van der Waals surface area contributed by atoms with E-state index in [1.54, 1.807) is 7.11 Å². The summed E-state index contributed by atoms with van der Waals surface area (Å²) >= 11 is 5.82. The highest BCUT2D eigenvalue weighted by atomic mass is 35.5. The van der Waals surface area contributed by atoms with Crippen LogP contribution >= 0.6 is 21.5 Å². The van der Waals surface area contributed by atoms with Crippen LogP contribution in [0.4, 0.5) is 0 Å². The number of rotatable bonds is 2. The molecule has 1 rings (SSSR count). The first-order chi connectivity index (χ1) is 4.84. The zero-order chi connectivity index (χ0) is 7.40. The molecule has 62 valence electrons. The van der Waals surface area contributed by atoms with Gasteiger partial charge in [-0.3, -0.25) is 0 Å². The van der Waals surface area contributed by atoms with E-state index in [0.29, 0.717) is 6.61 Å². The zero-order valence-electron chi connectivity index (χ0n) is 6.51. The van der Waals surface area contributed by atoms with Gasteiger partial charge in [0.15, 0.2) is 0 Å². The monoisotopic (exact) mass is 190 g/mol. The maximum atomic E-state index is 5.82. The fraction of sp³-hybridized carbons (Fsp3) is 0.250. The van der Waals surface area contributed by atoms with Gasteiger partial charge >= 0.3 is 0 Å². The third-order valence-electron chi connectivity index (χ3n) is 1.26. The Morgan fingerprint density at radius 2 is 2.00 bits per heavy atom. The molecular formula is C8H12ClOP. The largest absolute Gasteiger partial charge is 0.380 e. The fourth-order valence-corrected chi connectivity index (χ4v) is 0.961. The SMILES string of the molecule is COCc1ccccc1Cl.P. The molecule has 0 saturated carbocycles. The Balaban J connectivity index is 0.000001000. The normalized spacial score (nSPS) is 8.91. The van der Waals surface area contributed by atoms with Gasteiger partial charge in [-0.05, 0) is 11.6 Å². The Bertz CT molecular complexity index is 215. The van der Waals surface area contributed by atoms with Gasteiger partial charge in [-0.2, -0.15) is 9.90 Å². The van der Waals surface area contributed by atoms with Crippen molar-refractivity contribution < 1.29 is 4.74 Å². The molecule has 0 radical (unpaired) electrons. The van der Waals surface area contributed by atoms with E-state index < -0.39 is 0 Å². The molecule has 1 unspecified atom stereocenters. The third-order valence-corrected chi connectivity index (χ3v) is 1.63. The summed E-state index contributed by atoms with van der Waals surface area (Å²) in [5.74, 6) is 0. The number of hydrogen-bond acceptors (Lipinski definition) is 1. The minimum Gasteiger partial charge on any atom is -0.380 e. The summed E-state index contributed by atoms with van der Waals surface area (Å²) in [5, 5.41) is 0.768. The van der Waals surface area contributed by atoms with Gasteiger partial charge in [0, 0.05) is 12.1 Å². The molecule has 1 nitrogen and oxygen atoms in total. The lowest BCUT2D eigenvalue weighted by atomic mass is 10.2. The maximum absolute atomic E-state index is 5.82. The second-order valence-electron chi connectivity index (χ2n) is 2.02. The first kappa shape index (κ1) is 10.9. The predicted octanol–water partition coefficient (Wildman–Crippen LogP) is 2.54. The van der Waals surface area contributed by atoms with Crippen molar-refractivity contribution in [1.82, 2.24) is 0 Å². The van der Waals surface area contributed by atoms with Gasteiger partial charge < -0.3 is 4.74 Å². The van der Waals surface area contributed by atoms with Crippen molar-refractivity contribution in [2.75, 3.05) is 7.11 Å². The Hall–Kier alpha value is -0.100. The maximum Gasteiger partial charge on any atom is 0.0727 e. The van der Waals surface area contributed by atoms with Crippen LogP contribution in [0.15, 0.2) is 24.3 Å². The van der Waals surface area contributed by atoms with Crippen LogP contribution in [0.5, 0.6) is 0 Å².